The third kappa shape index (κ3) is 124. The van der Waals surface area contributed by atoms with E-state index in [0.717, 1.165) is 24.5 Å². The summed E-state index contributed by atoms with van der Waals surface area (Å²) in [6.45, 7) is 21.4. The number of aliphatic carboxylic acids is 2. The van der Waals surface area contributed by atoms with Gasteiger partial charge in [0, 0.05) is 18.2 Å². The van der Waals surface area contributed by atoms with Crippen LogP contribution in [0.4, 0.5) is 4.79 Å². The third-order valence-electron chi connectivity index (χ3n) is 6.31. The van der Waals surface area contributed by atoms with Gasteiger partial charge in [0.2, 0.25) is 0 Å². The number of aliphatic hydroxyl groups is 1. The largest absolute Gasteiger partial charge is 1.00 e. The van der Waals surface area contributed by atoms with Gasteiger partial charge in [0.05, 0.1) is 45.6 Å². The predicted octanol–water partition coefficient (Wildman–Crippen LogP) is 7.34. The van der Waals surface area contributed by atoms with Gasteiger partial charge in [0.1, 0.15) is 12.4 Å². The minimum atomic E-state index is -3.28. The number of aldehydes is 1. The number of allylic oxidation sites excluding steroid dienone is 29. The quantitative estimate of drug-likeness (QED) is 0.0125. The molecule has 21 heteroatoms. The molecule has 0 aromatic heterocycles. The Balaban J connectivity index is -0.0000000625. The number of hydrogen-bond donors (Lipinski definition) is 2. The Hall–Kier alpha value is -5.86. The molecule has 0 bridgehead atoms. The van der Waals surface area contributed by atoms with E-state index in [-0.39, 0.29) is 132 Å². The van der Waals surface area contributed by atoms with Gasteiger partial charge in [-0.25, -0.2) is 19.2 Å². The Bertz CT molecular complexity index is 2050. The van der Waals surface area contributed by atoms with E-state index in [4.69, 9.17) is 19.3 Å². The monoisotopic (exact) mass is 1210 g/mol. The maximum absolute atomic E-state index is 11.8. The Morgan fingerprint density at radius 3 is 1.08 bits per heavy atom. The minimum absolute atomic E-state index is 0. The number of carboxylic acid groups (broad SMARTS) is 2. The zero-order chi connectivity index (χ0) is 59.9. The summed E-state index contributed by atoms with van der Waals surface area (Å²) in [4.78, 5) is 72.6. The van der Waals surface area contributed by atoms with Crippen LogP contribution < -0.4 is 64.2 Å². The number of carbonyl (C=O) groups is 7. The maximum atomic E-state index is 11.8. The van der Waals surface area contributed by atoms with E-state index >= 15 is 0 Å². The normalized spacial score (nSPS) is 10.9. The average Bonchev–Trinajstić information content (AvgIpc) is 3.37. The van der Waals surface area contributed by atoms with Crippen LogP contribution in [0.5, 0.6) is 0 Å². The van der Waals surface area contributed by atoms with Crippen LogP contribution >= 0.6 is 7.60 Å². The van der Waals surface area contributed by atoms with Gasteiger partial charge >= 0.3 is 96.7 Å². The number of hydrogen-bond acceptors (Lipinski definition) is 17. The molecular formula is C62H97Na2O18P. The summed E-state index contributed by atoms with van der Waals surface area (Å²) in [6, 6.07) is 0. The fraction of sp³-hybridized carbons (Fsp3) is 0.339. The first-order valence-corrected chi connectivity index (χ1v) is 25.8. The first-order chi connectivity index (χ1) is 37.0. The molecule has 0 saturated carbocycles. The Morgan fingerprint density at radius 1 is 0.446 bits per heavy atom. The van der Waals surface area contributed by atoms with Gasteiger partial charge in [-0.05, 0) is 88.3 Å². The summed E-state index contributed by atoms with van der Waals surface area (Å²) in [5.41, 5.74) is 0. The third-order valence-corrected chi connectivity index (χ3v) is 8.26. The van der Waals surface area contributed by atoms with Crippen molar-refractivity contribution in [3.8, 4) is 0 Å². The van der Waals surface area contributed by atoms with Crippen LogP contribution in [0.25, 0.3) is 0 Å². The standard InChI is InChI=1S/C11H14O4.C10H14O2.C8H17O5P.2C8H10O2.C8H12O.C6H8O.3CH4.2Na.H2O/c1-3-5-6-7-8-9-10(12)15-11(13)14-4-2;1-3-5-6-7-8-9-10(11)12-4-2;1-4-11-8(9)7-14(10,12-5-2)13-6-3;2*1-2-3-4-5-6-7-8(9)10;1-2-3-4-5-6-7-8-9;1-2-3-4-5-6-7;;;;;;/h3,5-9H,4H2,1-2H3;3,5-9H,4H2,1-2H3;4-7H2,1-3H3;2*2-7H,1H3,(H,9,10);2-7,9H,8H2,1H3;2-6H,1H3;3*1H4;;;1H2/q;;;;;;;;;;2*+1;/p-2/b2*5-3+,7-6+,9-8+;;3*3-2+,5-4+,7-6+;3-2+,5-4+;;;;;;. The van der Waals surface area contributed by atoms with Crippen molar-refractivity contribution in [1.29, 1.82) is 0 Å². The fourth-order valence-electron chi connectivity index (χ4n) is 3.44. The van der Waals surface area contributed by atoms with E-state index in [9.17, 15) is 43.2 Å². The first kappa shape index (κ1) is 109. The number of aliphatic hydroxyl groups excluding tert-OH is 1. The Labute approximate surface area is 542 Å². The molecule has 18 nitrogen and oxygen atoms in total. The first-order valence-electron chi connectivity index (χ1n) is 24.1. The van der Waals surface area contributed by atoms with Gasteiger partial charge in [0.15, 0.2) is 0 Å². The number of carbonyl (C=O) groups excluding carboxylic acids is 6. The number of rotatable bonds is 26. The second-order valence-corrected chi connectivity index (χ2v) is 14.6. The summed E-state index contributed by atoms with van der Waals surface area (Å²) in [7, 11) is -3.28. The summed E-state index contributed by atoms with van der Waals surface area (Å²) < 4.78 is 39.6. The molecule has 0 rings (SSSR count). The molecule has 0 aliphatic carbocycles. The maximum Gasteiger partial charge on any atom is 1.00 e. The molecule has 0 aliphatic heterocycles. The van der Waals surface area contributed by atoms with Crippen LogP contribution in [0, 0.1) is 0 Å². The second kappa shape index (κ2) is 98.3. The van der Waals surface area contributed by atoms with Crippen LogP contribution in [0.1, 0.15) is 98.4 Å². The van der Waals surface area contributed by atoms with Crippen molar-refractivity contribution >= 4 is 49.9 Å². The van der Waals surface area contributed by atoms with Crippen molar-refractivity contribution in [3.05, 3.63) is 207 Å². The number of ether oxygens (including phenoxy) is 4. The van der Waals surface area contributed by atoms with E-state index in [0.29, 0.717) is 6.61 Å². The summed E-state index contributed by atoms with van der Waals surface area (Å²) in [5, 5.41) is 26.2. The molecule has 0 fully saturated rings. The Kier molecular flexibility index (Phi) is 129. The van der Waals surface area contributed by atoms with Gasteiger partial charge < -0.3 is 53.6 Å². The molecule has 0 heterocycles. The van der Waals surface area contributed by atoms with Gasteiger partial charge in [-0.1, -0.05) is 198 Å². The Morgan fingerprint density at radius 2 is 0.771 bits per heavy atom. The smallest absolute Gasteiger partial charge is 0.870 e. The molecule has 0 unspecified atom stereocenters. The van der Waals surface area contributed by atoms with Crippen LogP contribution in [-0.2, 0) is 61.3 Å². The van der Waals surface area contributed by atoms with Gasteiger partial charge in [0.25, 0.3) is 0 Å². The zero-order valence-corrected chi connectivity index (χ0v) is 54.0. The van der Waals surface area contributed by atoms with E-state index in [2.05, 4.69) is 18.9 Å². The summed E-state index contributed by atoms with van der Waals surface area (Å²) in [5.74, 6) is -3.71. The van der Waals surface area contributed by atoms with E-state index < -0.39 is 37.6 Å². The SMILES string of the molecule is C.C.C.C/C=C/C=C/C=C/C(=O)O.C/C=C/C=C/C=C/C(=O)OC(=O)OCC.C/C=C/C=C/C=C/C(=O)OCC.C/C=C/C=C/C=C/C(=O)[O-].C/C=C/C=C/C=C/CO.C/C=C/C=C/C=O.CCOC(=O)CP(=O)(OCC)OCC.[Na+].[Na+].[OH-]. The molecule has 83 heavy (non-hydrogen) atoms. The molecule has 0 spiro atoms. The molecule has 460 valence electrons. The van der Waals surface area contributed by atoms with E-state index in [1.54, 1.807) is 120 Å². The van der Waals surface area contributed by atoms with Gasteiger partial charge in [-0.15, -0.1) is 0 Å². The zero-order valence-electron chi connectivity index (χ0n) is 49.1. The minimum Gasteiger partial charge on any atom is -0.870 e. The molecule has 3 N–H and O–H groups in total. The molecule has 0 amide bonds. The molecule has 0 atom stereocenters. The summed E-state index contributed by atoms with van der Waals surface area (Å²) >= 11 is 0. The number of esters is 3. The van der Waals surface area contributed by atoms with Crippen LogP contribution in [0.2, 0.25) is 0 Å². The van der Waals surface area contributed by atoms with Gasteiger partial charge in [-0.3, -0.25) is 14.2 Å². The van der Waals surface area contributed by atoms with Crippen LogP contribution in [0.3, 0.4) is 0 Å². The van der Waals surface area contributed by atoms with Crippen molar-refractivity contribution in [1.82, 2.24) is 0 Å². The predicted molar refractivity (Wildman–Crippen MR) is 329 cm³/mol. The van der Waals surface area contributed by atoms with Crippen LogP contribution in [0.15, 0.2) is 207 Å². The number of carboxylic acids is 2. The van der Waals surface area contributed by atoms with Gasteiger partial charge in [-0.2, -0.15) is 0 Å². The fourth-order valence-corrected chi connectivity index (χ4v) is 4.89. The molecule has 0 aromatic rings. The van der Waals surface area contributed by atoms with E-state index in [1.807, 2.05) is 114 Å². The van der Waals surface area contributed by atoms with Crippen molar-refractivity contribution in [2.24, 2.45) is 0 Å². The van der Waals surface area contributed by atoms with Crippen molar-refractivity contribution in [2.75, 3.05) is 45.8 Å². The second-order valence-electron chi connectivity index (χ2n) is 12.6. The van der Waals surface area contributed by atoms with Crippen molar-refractivity contribution < 1.29 is 146 Å². The van der Waals surface area contributed by atoms with Crippen molar-refractivity contribution in [2.45, 2.75) is 98.4 Å². The topological polar surface area (TPSA) is 285 Å². The summed E-state index contributed by atoms with van der Waals surface area (Å²) in [6.07, 6.45) is 56.6. The van der Waals surface area contributed by atoms with Crippen molar-refractivity contribution in [3.63, 3.8) is 0 Å². The van der Waals surface area contributed by atoms with Crippen LogP contribution in [-0.4, -0.2) is 104 Å². The molecule has 0 aliphatic rings. The molecular weight excluding hydrogens is 1110 g/mol. The molecule has 0 radical (unpaired) electrons. The molecule has 0 aromatic carbocycles. The average molecular weight is 1210 g/mol. The molecule has 0 saturated heterocycles. The van der Waals surface area contributed by atoms with E-state index in [1.165, 1.54) is 30.4 Å².